The molecule has 2 rings (SSSR count). The molecule has 0 bridgehead atoms. The molecule has 1 aliphatic rings. The van der Waals surface area contributed by atoms with E-state index in [2.05, 4.69) is 0 Å². The van der Waals surface area contributed by atoms with E-state index in [9.17, 15) is 13.2 Å². The fraction of sp³-hybridized carbons (Fsp3) is 0.538. The maximum absolute atomic E-state index is 12.9. The van der Waals surface area contributed by atoms with Gasteiger partial charge in [-0.1, -0.05) is 43.7 Å². The first-order valence-electron chi connectivity index (χ1n) is 5.57. The number of benzene rings is 1. The van der Waals surface area contributed by atoms with Gasteiger partial charge in [-0.15, -0.1) is 0 Å². The van der Waals surface area contributed by atoms with Crippen LogP contribution in [0.15, 0.2) is 30.3 Å². The van der Waals surface area contributed by atoms with Crippen LogP contribution in [0.25, 0.3) is 0 Å². The second-order valence-electron chi connectivity index (χ2n) is 4.77. The van der Waals surface area contributed by atoms with Crippen molar-refractivity contribution >= 4 is 0 Å². The zero-order valence-electron chi connectivity index (χ0n) is 9.22. The lowest BCUT2D eigenvalue weighted by molar-refractivity contribution is -0.186. The van der Waals surface area contributed by atoms with Gasteiger partial charge in [0.25, 0.3) is 0 Å². The second-order valence-corrected chi connectivity index (χ2v) is 4.77. The van der Waals surface area contributed by atoms with Crippen LogP contribution in [0, 0.1) is 5.92 Å². The number of halogens is 3. The molecule has 1 saturated carbocycles. The zero-order valence-corrected chi connectivity index (χ0v) is 9.22. The minimum absolute atomic E-state index is 0.259. The Kier molecular flexibility index (Phi) is 2.72. The van der Waals surface area contributed by atoms with Crippen LogP contribution in [0.1, 0.15) is 31.7 Å². The lowest BCUT2D eigenvalue weighted by Gasteiger charge is -2.33. The van der Waals surface area contributed by atoms with E-state index in [0.717, 1.165) is 5.56 Å². The molecule has 0 radical (unpaired) electrons. The van der Waals surface area contributed by atoms with E-state index < -0.39 is 17.5 Å². The van der Waals surface area contributed by atoms with Crippen LogP contribution in [0.4, 0.5) is 13.2 Å². The molecule has 0 aromatic heterocycles. The Morgan fingerprint density at radius 3 is 2.38 bits per heavy atom. The largest absolute Gasteiger partial charge is 0.392 e. The van der Waals surface area contributed by atoms with Crippen LogP contribution >= 0.6 is 0 Å². The molecule has 0 spiro atoms. The van der Waals surface area contributed by atoms with Crippen molar-refractivity contribution in [1.82, 2.24) is 0 Å². The zero-order chi connectivity index (χ0) is 11.8. The van der Waals surface area contributed by atoms with Crippen molar-refractivity contribution in [2.75, 3.05) is 0 Å². The van der Waals surface area contributed by atoms with Crippen molar-refractivity contribution in [2.24, 2.45) is 5.92 Å². The Labute approximate surface area is 93.5 Å². The quantitative estimate of drug-likeness (QED) is 0.672. The highest BCUT2D eigenvalue weighted by atomic mass is 19.4. The predicted octanol–water partition coefficient (Wildman–Crippen LogP) is 4.31. The Balaban J connectivity index is 2.37. The molecule has 0 amide bonds. The summed E-state index contributed by atoms with van der Waals surface area (Å²) in [6, 6.07) is 9.08. The molecule has 88 valence electrons. The molecular formula is C13H15F3. The minimum atomic E-state index is -4.08. The molecule has 0 aliphatic heterocycles. The molecule has 1 aromatic carbocycles. The van der Waals surface area contributed by atoms with Gasteiger partial charge < -0.3 is 0 Å². The first kappa shape index (κ1) is 11.5. The van der Waals surface area contributed by atoms with Gasteiger partial charge >= 0.3 is 6.18 Å². The van der Waals surface area contributed by atoms with Gasteiger partial charge in [-0.2, -0.15) is 13.2 Å². The van der Waals surface area contributed by atoms with Gasteiger partial charge in [-0.3, -0.25) is 0 Å². The van der Waals surface area contributed by atoms with Crippen LogP contribution in [-0.2, 0) is 5.41 Å². The summed E-state index contributed by atoms with van der Waals surface area (Å²) in [6.07, 6.45) is -2.53. The second kappa shape index (κ2) is 3.79. The smallest absolute Gasteiger partial charge is 0.171 e. The molecule has 0 nitrogen and oxygen atoms in total. The standard InChI is InChI=1S/C13H15F3/c1-12(10-6-3-2-4-7-10)9-5-8-11(12)13(14,15)16/h2-4,6-7,11H,5,8-9H2,1H3. The third kappa shape index (κ3) is 1.83. The maximum atomic E-state index is 12.9. The van der Waals surface area contributed by atoms with Crippen LogP contribution < -0.4 is 0 Å². The molecule has 16 heavy (non-hydrogen) atoms. The summed E-state index contributed by atoms with van der Waals surface area (Å²) in [4.78, 5) is 0. The van der Waals surface area contributed by atoms with Crippen LogP contribution in [0.5, 0.6) is 0 Å². The van der Waals surface area contributed by atoms with Crippen LogP contribution in [0.3, 0.4) is 0 Å². The van der Waals surface area contributed by atoms with Gasteiger partial charge in [-0.05, 0) is 18.4 Å². The Bertz CT molecular complexity index is 355. The van der Waals surface area contributed by atoms with Crippen LogP contribution in [0.2, 0.25) is 0 Å². The summed E-state index contributed by atoms with van der Waals surface area (Å²) in [7, 11) is 0. The molecule has 3 heteroatoms. The summed E-state index contributed by atoms with van der Waals surface area (Å²) < 4.78 is 38.8. The highest BCUT2D eigenvalue weighted by molar-refractivity contribution is 5.27. The lowest BCUT2D eigenvalue weighted by atomic mass is 9.73. The molecule has 1 fully saturated rings. The summed E-state index contributed by atoms with van der Waals surface area (Å²) in [5.74, 6) is -1.19. The number of alkyl halides is 3. The monoisotopic (exact) mass is 228 g/mol. The molecule has 0 N–H and O–H groups in total. The lowest BCUT2D eigenvalue weighted by Crippen LogP contribution is -2.37. The fourth-order valence-electron chi connectivity index (χ4n) is 2.86. The average molecular weight is 228 g/mol. The number of hydrogen-bond donors (Lipinski definition) is 0. The third-order valence-electron chi connectivity index (χ3n) is 3.79. The van der Waals surface area contributed by atoms with E-state index in [0.29, 0.717) is 12.8 Å². The van der Waals surface area contributed by atoms with Crippen molar-refractivity contribution in [1.29, 1.82) is 0 Å². The SMILES string of the molecule is CC1(c2ccccc2)CCCC1C(F)(F)F. The maximum Gasteiger partial charge on any atom is 0.392 e. The Morgan fingerprint density at radius 2 is 1.81 bits per heavy atom. The van der Waals surface area contributed by atoms with Gasteiger partial charge in [0.15, 0.2) is 0 Å². The van der Waals surface area contributed by atoms with E-state index >= 15 is 0 Å². The van der Waals surface area contributed by atoms with Crippen molar-refractivity contribution in [2.45, 2.75) is 37.8 Å². The predicted molar refractivity (Wildman–Crippen MR) is 57.2 cm³/mol. The van der Waals surface area contributed by atoms with Crippen molar-refractivity contribution in [3.05, 3.63) is 35.9 Å². The first-order valence-corrected chi connectivity index (χ1v) is 5.57. The molecular weight excluding hydrogens is 213 g/mol. The van der Waals surface area contributed by atoms with Gasteiger partial charge in [0.1, 0.15) is 0 Å². The highest BCUT2D eigenvalue weighted by Gasteiger charge is 2.54. The first-order chi connectivity index (χ1) is 7.44. The van der Waals surface area contributed by atoms with Crippen molar-refractivity contribution in [3.63, 3.8) is 0 Å². The minimum Gasteiger partial charge on any atom is -0.171 e. The average Bonchev–Trinajstić information content (AvgIpc) is 2.63. The van der Waals surface area contributed by atoms with Crippen molar-refractivity contribution in [3.8, 4) is 0 Å². The summed E-state index contributed by atoms with van der Waals surface area (Å²) in [5, 5.41) is 0. The molecule has 2 unspecified atom stereocenters. The van der Waals surface area contributed by atoms with E-state index in [1.54, 1.807) is 6.92 Å². The summed E-state index contributed by atoms with van der Waals surface area (Å²) in [5.41, 5.74) is 0.0781. The Hall–Kier alpha value is -0.990. The van der Waals surface area contributed by atoms with Crippen LogP contribution in [-0.4, -0.2) is 6.18 Å². The van der Waals surface area contributed by atoms with Gasteiger partial charge in [-0.25, -0.2) is 0 Å². The normalized spacial score (nSPS) is 30.6. The molecule has 1 aliphatic carbocycles. The van der Waals surface area contributed by atoms with E-state index in [4.69, 9.17) is 0 Å². The number of rotatable bonds is 1. The van der Waals surface area contributed by atoms with Gasteiger partial charge in [0.05, 0.1) is 5.92 Å². The van der Waals surface area contributed by atoms with E-state index in [1.165, 1.54) is 0 Å². The van der Waals surface area contributed by atoms with E-state index in [-0.39, 0.29) is 6.42 Å². The van der Waals surface area contributed by atoms with Crippen molar-refractivity contribution < 1.29 is 13.2 Å². The highest BCUT2D eigenvalue weighted by Crippen LogP contribution is 2.52. The Morgan fingerprint density at radius 1 is 1.19 bits per heavy atom. The topological polar surface area (TPSA) is 0 Å². The molecule has 0 heterocycles. The van der Waals surface area contributed by atoms with Gasteiger partial charge in [0, 0.05) is 5.41 Å². The summed E-state index contributed by atoms with van der Waals surface area (Å²) >= 11 is 0. The fourth-order valence-corrected chi connectivity index (χ4v) is 2.86. The third-order valence-corrected chi connectivity index (χ3v) is 3.79. The van der Waals surface area contributed by atoms with Gasteiger partial charge in [0.2, 0.25) is 0 Å². The van der Waals surface area contributed by atoms with E-state index in [1.807, 2.05) is 30.3 Å². The number of hydrogen-bond acceptors (Lipinski definition) is 0. The molecule has 1 aromatic rings. The summed E-state index contributed by atoms with van der Waals surface area (Å²) in [6.45, 7) is 1.74. The molecule has 0 saturated heterocycles. The molecule has 2 atom stereocenters.